The maximum Gasteiger partial charge on any atom is 0.341 e. The number of rotatable bonds is 8. The molecule has 1 N–H and O–H groups in total. The first-order valence-electron chi connectivity index (χ1n) is 9.95. The van der Waals surface area contributed by atoms with Crippen LogP contribution in [0.3, 0.4) is 0 Å². The summed E-state index contributed by atoms with van der Waals surface area (Å²) >= 11 is 10.7. The predicted molar refractivity (Wildman–Crippen MR) is 134 cm³/mol. The molecular weight excluding hydrogens is 532 g/mol. The van der Waals surface area contributed by atoms with E-state index in [1.807, 2.05) is 13.8 Å². The van der Waals surface area contributed by atoms with E-state index in [2.05, 4.69) is 20.9 Å². The number of ether oxygens (including phenoxy) is 2. The van der Waals surface area contributed by atoms with Crippen molar-refractivity contribution in [3.63, 3.8) is 0 Å². The monoisotopic (exact) mass is 552 g/mol. The minimum atomic E-state index is -1.09. The first-order chi connectivity index (χ1) is 15.7. The number of halogens is 2. The zero-order chi connectivity index (χ0) is 24.1. The SMILES string of the molecule is COc1cc(/C=C2\SC(=Nc3ccc(Cl)cc3)N(CC(C)C)C2=O)c(Br)cc1OCC(=O)O. The van der Waals surface area contributed by atoms with E-state index in [-0.39, 0.29) is 17.6 Å². The Labute approximate surface area is 209 Å². The van der Waals surface area contributed by atoms with Gasteiger partial charge in [0.2, 0.25) is 0 Å². The summed E-state index contributed by atoms with van der Waals surface area (Å²) in [5.74, 6) is -0.341. The first-order valence-corrected chi connectivity index (χ1v) is 11.9. The zero-order valence-electron chi connectivity index (χ0n) is 18.2. The molecule has 3 rings (SSSR count). The van der Waals surface area contributed by atoms with Crippen LogP contribution in [0.2, 0.25) is 5.02 Å². The lowest BCUT2D eigenvalue weighted by atomic mass is 10.1. The number of benzene rings is 2. The summed E-state index contributed by atoms with van der Waals surface area (Å²) in [5, 5.41) is 10.1. The van der Waals surface area contributed by atoms with Crippen molar-refractivity contribution >= 4 is 68.1 Å². The van der Waals surface area contributed by atoms with Gasteiger partial charge in [-0.2, -0.15) is 0 Å². The molecule has 7 nitrogen and oxygen atoms in total. The molecule has 174 valence electrons. The molecule has 0 spiro atoms. The largest absolute Gasteiger partial charge is 0.493 e. The topological polar surface area (TPSA) is 88.4 Å². The van der Waals surface area contributed by atoms with Crippen molar-refractivity contribution < 1.29 is 24.2 Å². The molecule has 0 unspecified atom stereocenters. The third kappa shape index (κ3) is 6.52. The third-order valence-electron chi connectivity index (χ3n) is 4.41. The molecule has 0 aromatic heterocycles. The quantitative estimate of drug-likeness (QED) is 0.414. The van der Waals surface area contributed by atoms with Crippen LogP contribution in [0.1, 0.15) is 19.4 Å². The standard InChI is InChI=1S/C23H22BrClN2O5S/c1-13(2)11-27-22(30)20(33-23(27)26-16-6-4-15(25)5-7-16)9-14-8-18(31-3)19(10-17(14)24)32-12-21(28)29/h4-10,13H,11-12H2,1-3H3,(H,28,29)/b20-9-,26-23?. The Kier molecular flexibility index (Phi) is 8.45. The van der Waals surface area contributed by atoms with Crippen molar-refractivity contribution in [2.45, 2.75) is 13.8 Å². The van der Waals surface area contributed by atoms with E-state index in [1.165, 1.54) is 18.9 Å². The normalized spacial score (nSPS) is 16.2. The fourth-order valence-electron chi connectivity index (χ4n) is 2.96. The van der Waals surface area contributed by atoms with Gasteiger partial charge >= 0.3 is 5.97 Å². The van der Waals surface area contributed by atoms with E-state index in [0.717, 1.165) is 0 Å². The average molecular weight is 554 g/mol. The smallest absolute Gasteiger partial charge is 0.341 e. The highest BCUT2D eigenvalue weighted by atomic mass is 79.9. The molecule has 33 heavy (non-hydrogen) atoms. The van der Waals surface area contributed by atoms with Gasteiger partial charge in [-0.25, -0.2) is 9.79 Å². The van der Waals surface area contributed by atoms with Crippen LogP contribution in [0, 0.1) is 5.92 Å². The van der Waals surface area contributed by atoms with Gasteiger partial charge in [0.15, 0.2) is 23.3 Å². The van der Waals surface area contributed by atoms with Gasteiger partial charge in [0.1, 0.15) is 0 Å². The van der Waals surface area contributed by atoms with E-state index in [4.69, 9.17) is 26.2 Å². The van der Waals surface area contributed by atoms with Crippen LogP contribution in [0.15, 0.2) is 50.8 Å². The molecule has 0 atom stereocenters. The number of carbonyl (C=O) groups excluding carboxylic acids is 1. The number of carboxylic acid groups (broad SMARTS) is 1. The van der Waals surface area contributed by atoms with Gasteiger partial charge in [-0.3, -0.25) is 9.69 Å². The second-order valence-electron chi connectivity index (χ2n) is 7.50. The number of hydrogen-bond acceptors (Lipinski definition) is 6. The minimum absolute atomic E-state index is 0.140. The van der Waals surface area contributed by atoms with Crippen LogP contribution in [0.5, 0.6) is 11.5 Å². The number of methoxy groups -OCH3 is 1. The van der Waals surface area contributed by atoms with Crippen molar-refractivity contribution in [2.75, 3.05) is 20.3 Å². The number of amidine groups is 1. The molecule has 1 amide bonds. The van der Waals surface area contributed by atoms with Crippen LogP contribution < -0.4 is 9.47 Å². The fraction of sp³-hybridized carbons (Fsp3) is 0.261. The summed E-state index contributed by atoms with van der Waals surface area (Å²) in [5.41, 5.74) is 1.38. The number of amides is 1. The highest BCUT2D eigenvalue weighted by Crippen LogP contribution is 2.39. The fourth-order valence-corrected chi connectivity index (χ4v) is 4.52. The Morgan fingerprint density at radius 3 is 2.58 bits per heavy atom. The number of nitrogens with zero attached hydrogens (tertiary/aromatic N) is 2. The summed E-state index contributed by atoms with van der Waals surface area (Å²) in [6, 6.07) is 10.4. The first kappa shape index (κ1) is 25.1. The number of carboxylic acids is 1. The van der Waals surface area contributed by atoms with Crippen LogP contribution in [-0.4, -0.2) is 47.3 Å². The molecule has 0 saturated carbocycles. The molecule has 0 radical (unpaired) electrons. The Hall–Kier alpha value is -2.49. The lowest BCUT2D eigenvalue weighted by Crippen LogP contribution is -2.32. The zero-order valence-corrected chi connectivity index (χ0v) is 21.3. The molecule has 1 aliphatic heterocycles. The second kappa shape index (κ2) is 11.1. The van der Waals surface area contributed by atoms with Crippen LogP contribution in [-0.2, 0) is 9.59 Å². The van der Waals surface area contributed by atoms with Crippen molar-refractivity contribution in [1.29, 1.82) is 0 Å². The van der Waals surface area contributed by atoms with Crippen molar-refractivity contribution in [1.82, 2.24) is 4.90 Å². The maximum atomic E-state index is 13.2. The van der Waals surface area contributed by atoms with Gasteiger partial charge in [-0.1, -0.05) is 41.4 Å². The Bertz CT molecular complexity index is 1120. The van der Waals surface area contributed by atoms with Crippen LogP contribution in [0.25, 0.3) is 6.08 Å². The van der Waals surface area contributed by atoms with E-state index < -0.39 is 12.6 Å². The maximum absolute atomic E-state index is 13.2. The van der Waals surface area contributed by atoms with Crippen molar-refractivity contribution in [2.24, 2.45) is 10.9 Å². The van der Waals surface area contributed by atoms with Gasteiger partial charge in [0, 0.05) is 16.0 Å². The lowest BCUT2D eigenvalue weighted by Gasteiger charge is -2.17. The predicted octanol–water partition coefficient (Wildman–Crippen LogP) is 5.83. The van der Waals surface area contributed by atoms with Gasteiger partial charge < -0.3 is 14.6 Å². The molecule has 2 aromatic rings. The van der Waals surface area contributed by atoms with Gasteiger partial charge in [-0.15, -0.1) is 0 Å². The Morgan fingerprint density at radius 1 is 1.27 bits per heavy atom. The third-order valence-corrected chi connectivity index (χ3v) is 6.35. The molecule has 1 saturated heterocycles. The van der Waals surface area contributed by atoms with Gasteiger partial charge in [-0.05, 0) is 65.7 Å². The summed E-state index contributed by atoms with van der Waals surface area (Å²) < 4.78 is 11.3. The van der Waals surface area contributed by atoms with E-state index in [0.29, 0.717) is 43.1 Å². The molecule has 0 bridgehead atoms. The average Bonchev–Trinajstić information content (AvgIpc) is 3.03. The number of aliphatic carboxylic acids is 1. The molecule has 1 fully saturated rings. The number of hydrogen-bond donors (Lipinski definition) is 1. The second-order valence-corrected chi connectivity index (χ2v) is 9.80. The van der Waals surface area contributed by atoms with Crippen molar-refractivity contribution in [3.8, 4) is 11.5 Å². The molecule has 1 aliphatic rings. The summed E-state index contributed by atoms with van der Waals surface area (Å²) in [6.45, 7) is 4.11. The minimum Gasteiger partial charge on any atom is -0.493 e. The Balaban J connectivity index is 1.96. The van der Waals surface area contributed by atoms with E-state index in [1.54, 1.807) is 47.4 Å². The number of carbonyl (C=O) groups is 2. The van der Waals surface area contributed by atoms with Crippen molar-refractivity contribution in [3.05, 3.63) is 56.4 Å². The van der Waals surface area contributed by atoms with Crippen LogP contribution >= 0.6 is 39.3 Å². The summed E-state index contributed by atoms with van der Waals surface area (Å²) in [7, 11) is 1.46. The molecule has 10 heteroatoms. The summed E-state index contributed by atoms with van der Waals surface area (Å²) in [4.78, 5) is 30.9. The molecule has 2 aromatic carbocycles. The van der Waals surface area contributed by atoms with Crippen LogP contribution in [0.4, 0.5) is 5.69 Å². The molecule has 0 aliphatic carbocycles. The summed E-state index contributed by atoms with van der Waals surface area (Å²) in [6.07, 6.45) is 1.75. The van der Waals surface area contributed by atoms with E-state index >= 15 is 0 Å². The van der Waals surface area contributed by atoms with Gasteiger partial charge in [0.05, 0.1) is 17.7 Å². The highest BCUT2D eigenvalue weighted by Gasteiger charge is 2.34. The lowest BCUT2D eigenvalue weighted by molar-refractivity contribution is -0.139. The molecular formula is C23H22BrClN2O5S. The molecule has 1 heterocycles. The van der Waals surface area contributed by atoms with E-state index in [9.17, 15) is 9.59 Å². The Morgan fingerprint density at radius 2 is 1.97 bits per heavy atom. The number of thioether (sulfide) groups is 1. The number of aliphatic imine (C=N–C) groups is 1. The van der Waals surface area contributed by atoms with Gasteiger partial charge in [0.25, 0.3) is 5.91 Å². The highest BCUT2D eigenvalue weighted by molar-refractivity contribution is 9.10.